The Morgan fingerprint density at radius 2 is 1.95 bits per heavy atom. The molecule has 2 fully saturated rings. The third-order valence-electron chi connectivity index (χ3n) is 4.92. The lowest BCUT2D eigenvalue weighted by Crippen LogP contribution is -2.49. The lowest BCUT2D eigenvalue weighted by atomic mass is 9.89. The summed E-state index contributed by atoms with van der Waals surface area (Å²) in [5, 5.41) is 8.15. The molecule has 2 saturated heterocycles. The van der Waals surface area contributed by atoms with Crippen LogP contribution in [0.4, 0.5) is 0 Å². The molecule has 0 saturated carbocycles. The van der Waals surface area contributed by atoms with Crippen LogP contribution in [0.3, 0.4) is 0 Å². The summed E-state index contributed by atoms with van der Waals surface area (Å²) in [5.74, 6) is 0. The van der Waals surface area contributed by atoms with Crippen molar-refractivity contribution in [3.8, 4) is 0 Å². The fourth-order valence-corrected chi connectivity index (χ4v) is 3.83. The van der Waals surface area contributed by atoms with Crippen LogP contribution in [0.15, 0.2) is 6.20 Å². The van der Waals surface area contributed by atoms with Gasteiger partial charge in [-0.15, -0.1) is 0 Å². The van der Waals surface area contributed by atoms with E-state index >= 15 is 0 Å². The van der Waals surface area contributed by atoms with Crippen molar-refractivity contribution in [3.63, 3.8) is 0 Å². The van der Waals surface area contributed by atoms with Crippen molar-refractivity contribution in [1.29, 1.82) is 0 Å². The molecule has 3 rings (SSSR count). The van der Waals surface area contributed by atoms with E-state index in [0.29, 0.717) is 0 Å². The van der Waals surface area contributed by atoms with Crippen LogP contribution in [0.1, 0.15) is 38.4 Å². The van der Waals surface area contributed by atoms with E-state index in [1.54, 1.807) is 0 Å². The minimum atomic E-state index is 0.119. The second-order valence-electron chi connectivity index (χ2n) is 7.89. The van der Waals surface area contributed by atoms with Crippen LogP contribution in [-0.2, 0) is 19.0 Å². The summed E-state index contributed by atoms with van der Waals surface area (Å²) in [6.45, 7) is 14.9. The first-order chi connectivity index (χ1) is 10.4. The zero-order chi connectivity index (χ0) is 15.7. The Bertz CT molecular complexity index is 496. The molecular weight excluding hydrogens is 274 g/mol. The first-order valence-electron chi connectivity index (χ1n) is 8.63. The van der Waals surface area contributed by atoms with Gasteiger partial charge in [0.05, 0.1) is 5.69 Å². The number of aryl methyl sites for hydroxylation is 1. The van der Waals surface area contributed by atoms with E-state index in [1.165, 1.54) is 43.9 Å². The van der Waals surface area contributed by atoms with Crippen LogP contribution >= 0.6 is 0 Å². The smallest absolute Gasteiger partial charge is 0.0722 e. The molecule has 5 heteroatoms. The van der Waals surface area contributed by atoms with E-state index < -0.39 is 0 Å². The minimum Gasteiger partial charge on any atom is -0.314 e. The van der Waals surface area contributed by atoms with Crippen molar-refractivity contribution in [1.82, 2.24) is 24.9 Å². The van der Waals surface area contributed by atoms with Crippen molar-refractivity contribution >= 4 is 0 Å². The summed E-state index contributed by atoms with van der Waals surface area (Å²) in [6, 6.07) is 0.747. The molecule has 0 spiro atoms. The minimum absolute atomic E-state index is 0.119. The van der Waals surface area contributed by atoms with Crippen LogP contribution in [0.5, 0.6) is 0 Å². The topological polar surface area (TPSA) is 36.3 Å². The van der Waals surface area contributed by atoms with Gasteiger partial charge >= 0.3 is 0 Å². The van der Waals surface area contributed by atoms with Crippen molar-refractivity contribution in [2.45, 2.75) is 45.2 Å². The van der Waals surface area contributed by atoms with Gasteiger partial charge < -0.3 is 5.32 Å². The van der Waals surface area contributed by atoms with Crippen LogP contribution in [0.25, 0.3) is 0 Å². The summed E-state index contributed by atoms with van der Waals surface area (Å²) in [7, 11) is 2.03. The summed E-state index contributed by atoms with van der Waals surface area (Å²) in [4.78, 5) is 5.28. The van der Waals surface area contributed by atoms with Gasteiger partial charge in [-0.25, -0.2) is 0 Å². The number of hydrogen-bond donors (Lipinski definition) is 1. The molecule has 1 aromatic heterocycles. The van der Waals surface area contributed by atoms with Gasteiger partial charge in [-0.3, -0.25) is 14.5 Å². The van der Waals surface area contributed by atoms with Crippen molar-refractivity contribution in [3.05, 3.63) is 17.5 Å². The van der Waals surface area contributed by atoms with E-state index in [9.17, 15) is 0 Å². The first kappa shape index (κ1) is 16.0. The molecule has 0 amide bonds. The van der Waals surface area contributed by atoms with E-state index in [-0.39, 0.29) is 5.41 Å². The van der Waals surface area contributed by atoms with Crippen LogP contribution < -0.4 is 5.32 Å². The lowest BCUT2D eigenvalue weighted by molar-refractivity contribution is 0.170. The van der Waals surface area contributed by atoms with Gasteiger partial charge in [0.25, 0.3) is 0 Å². The highest BCUT2D eigenvalue weighted by Gasteiger charge is 2.30. The maximum Gasteiger partial charge on any atom is 0.0722 e. The molecule has 3 heterocycles. The van der Waals surface area contributed by atoms with Crippen molar-refractivity contribution < 1.29 is 0 Å². The second-order valence-corrected chi connectivity index (χ2v) is 7.89. The largest absolute Gasteiger partial charge is 0.314 e. The van der Waals surface area contributed by atoms with E-state index in [2.05, 4.69) is 42.1 Å². The van der Waals surface area contributed by atoms with Crippen LogP contribution in [-0.4, -0.2) is 64.9 Å². The Balaban J connectivity index is 1.63. The fraction of sp³-hybridized carbons (Fsp3) is 0.824. The molecule has 5 nitrogen and oxygen atoms in total. The second kappa shape index (κ2) is 6.30. The molecule has 1 unspecified atom stereocenters. The quantitative estimate of drug-likeness (QED) is 0.910. The zero-order valence-electron chi connectivity index (χ0n) is 14.6. The molecule has 0 aromatic carbocycles. The maximum atomic E-state index is 4.70. The SMILES string of the molecule is Cn1cc(CN2CCC(N3CCNCC3)C2)c(C(C)(C)C)n1. The highest BCUT2D eigenvalue weighted by Crippen LogP contribution is 2.26. The van der Waals surface area contributed by atoms with Crippen LogP contribution in [0.2, 0.25) is 0 Å². The normalized spacial score (nSPS) is 25.0. The highest BCUT2D eigenvalue weighted by molar-refractivity contribution is 5.24. The molecule has 0 bridgehead atoms. The highest BCUT2D eigenvalue weighted by atomic mass is 15.3. The number of rotatable bonds is 3. The molecule has 22 heavy (non-hydrogen) atoms. The summed E-state index contributed by atoms with van der Waals surface area (Å²) >= 11 is 0. The molecule has 0 aliphatic carbocycles. The molecular formula is C17H31N5. The van der Waals surface area contributed by atoms with Gasteiger partial charge in [-0.05, 0) is 6.42 Å². The third-order valence-corrected chi connectivity index (χ3v) is 4.92. The number of likely N-dealkylation sites (tertiary alicyclic amines) is 1. The number of piperazine rings is 1. The average Bonchev–Trinajstić information content (AvgIpc) is 3.07. The van der Waals surface area contributed by atoms with E-state index in [4.69, 9.17) is 5.10 Å². The number of hydrogen-bond acceptors (Lipinski definition) is 4. The molecule has 2 aliphatic rings. The molecule has 1 atom stereocenters. The van der Waals surface area contributed by atoms with Crippen molar-refractivity contribution in [2.75, 3.05) is 39.3 Å². The zero-order valence-corrected chi connectivity index (χ0v) is 14.6. The third kappa shape index (κ3) is 3.53. The molecule has 1 N–H and O–H groups in total. The predicted molar refractivity (Wildman–Crippen MR) is 90.0 cm³/mol. The maximum absolute atomic E-state index is 4.70. The summed E-state index contributed by atoms with van der Waals surface area (Å²) in [6.07, 6.45) is 3.52. The Morgan fingerprint density at radius 1 is 1.23 bits per heavy atom. The van der Waals surface area contributed by atoms with E-state index in [1.807, 2.05) is 11.7 Å². The number of nitrogens with one attached hydrogen (secondary N) is 1. The number of aromatic nitrogens is 2. The first-order valence-corrected chi connectivity index (χ1v) is 8.63. The van der Waals surface area contributed by atoms with Gasteiger partial charge in [-0.1, -0.05) is 20.8 Å². The van der Waals surface area contributed by atoms with Gasteiger partial charge in [0, 0.05) is 76.1 Å². The summed E-state index contributed by atoms with van der Waals surface area (Å²) < 4.78 is 1.97. The van der Waals surface area contributed by atoms with Gasteiger partial charge in [0.1, 0.15) is 0 Å². The van der Waals surface area contributed by atoms with E-state index in [0.717, 1.165) is 25.7 Å². The lowest BCUT2D eigenvalue weighted by Gasteiger charge is -2.32. The van der Waals surface area contributed by atoms with Gasteiger partial charge in [-0.2, -0.15) is 5.10 Å². The Kier molecular flexibility index (Phi) is 4.57. The number of nitrogens with zero attached hydrogens (tertiary/aromatic N) is 4. The van der Waals surface area contributed by atoms with Crippen molar-refractivity contribution in [2.24, 2.45) is 7.05 Å². The molecule has 0 radical (unpaired) electrons. The molecule has 1 aromatic rings. The predicted octanol–water partition coefficient (Wildman–Crippen LogP) is 1.20. The Labute approximate surface area is 134 Å². The Hall–Kier alpha value is -0.910. The fourth-order valence-electron chi connectivity index (χ4n) is 3.83. The summed E-state index contributed by atoms with van der Waals surface area (Å²) in [5.41, 5.74) is 2.77. The molecule has 124 valence electrons. The Morgan fingerprint density at radius 3 is 2.64 bits per heavy atom. The average molecular weight is 305 g/mol. The van der Waals surface area contributed by atoms with Crippen LogP contribution in [0, 0.1) is 0 Å². The standard InChI is InChI=1S/C17H31N5/c1-17(2,3)16-14(11-20(4)19-16)12-21-8-5-15(13-21)22-9-6-18-7-10-22/h11,15,18H,5-10,12-13H2,1-4H3. The monoisotopic (exact) mass is 305 g/mol. The van der Waals surface area contributed by atoms with Gasteiger partial charge in [0.2, 0.25) is 0 Å². The van der Waals surface area contributed by atoms with Gasteiger partial charge in [0.15, 0.2) is 0 Å². The molecule has 2 aliphatic heterocycles.